The van der Waals surface area contributed by atoms with Crippen LogP contribution in [-0.4, -0.2) is 16.1 Å². The largest absolute Gasteiger partial charge is 0.477 e. The van der Waals surface area contributed by atoms with Crippen molar-refractivity contribution in [3.63, 3.8) is 0 Å². The van der Waals surface area contributed by atoms with Gasteiger partial charge in [-0.2, -0.15) is 0 Å². The van der Waals surface area contributed by atoms with E-state index in [1.807, 2.05) is 39.0 Å². The number of pyridine rings is 1. The second-order valence-corrected chi connectivity index (χ2v) is 4.83. The molecule has 1 heterocycles. The van der Waals surface area contributed by atoms with Gasteiger partial charge in [0, 0.05) is 11.8 Å². The van der Waals surface area contributed by atoms with Crippen molar-refractivity contribution >= 4 is 5.97 Å². The maximum absolute atomic E-state index is 11.4. The molecule has 4 heteroatoms. The summed E-state index contributed by atoms with van der Waals surface area (Å²) in [4.78, 5) is 15.6. The van der Waals surface area contributed by atoms with E-state index in [4.69, 9.17) is 4.74 Å². The van der Waals surface area contributed by atoms with E-state index in [0.717, 1.165) is 16.8 Å². The summed E-state index contributed by atoms with van der Waals surface area (Å²) in [6.45, 7) is 7.43. The average molecular weight is 271 g/mol. The molecule has 0 amide bonds. The van der Waals surface area contributed by atoms with Gasteiger partial charge < -0.3 is 9.84 Å². The lowest BCUT2D eigenvalue weighted by Crippen LogP contribution is -2.06. The van der Waals surface area contributed by atoms with Gasteiger partial charge in [0.1, 0.15) is 17.1 Å². The molecule has 0 aliphatic carbocycles. The second-order valence-electron chi connectivity index (χ2n) is 4.83. The molecule has 0 bridgehead atoms. The highest BCUT2D eigenvalue weighted by Gasteiger charge is 2.18. The Morgan fingerprint density at radius 1 is 1.15 bits per heavy atom. The Morgan fingerprint density at radius 3 is 2.50 bits per heavy atom. The molecule has 4 nitrogen and oxygen atoms in total. The number of carboxylic acid groups (broad SMARTS) is 1. The highest BCUT2D eigenvalue weighted by molar-refractivity contribution is 5.92. The zero-order chi connectivity index (χ0) is 14.9. The molecule has 0 unspecified atom stereocenters. The molecule has 20 heavy (non-hydrogen) atoms. The van der Waals surface area contributed by atoms with E-state index in [1.165, 1.54) is 0 Å². The second kappa shape index (κ2) is 5.33. The predicted molar refractivity (Wildman–Crippen MR) is 76.7 cm³/mol. The molecule has 0 saturated heterocycles. The highest BCUT2D eigenvalue weighted by Crippen LogP contribution is 2.30. The van der Waals surface area contributed by atoms with E-state index in [0.29, 0.717) is 17.2 Å². The zero-order valence-corrected chi connectivity index (χ0v) is 12.0. The molecular weight excluding hydrogens is 254 g/mol. The number of ether oxygens (including phenoxy) is 1. The van der Waals surface area contributed by atoms with E-state index >= 15 is 0 Å². The van der Waals surface area contributed by atoms with Crippen LogP contribution in [0.4, 0.5) is 0 Å². The van der Waals surface area contributed by atoms with E-state index in [9.17, 15) is 9.90 Å². The first-order chi connectivity index (χ1) is 9.40. The normalized spacial score (nSPS) is 10.4. The topological polar surface area (TPSA) is 59.4 Å². The molecule has 1 N–H and O–H groups in total. The van der Waals surface area contributed by atoms with E-state index in [1.54, 1.807) is 13.0 Å². The fourth-order valence-corrected chi connectivity index (χ4v) is 2.09. The van der Waals surface area contributed by atoms with Gasteiger partial charge in [-0.3, -0.25) is 4.98 Å². The van der Waals surface area contributed by atoms with Crippen molar-refractivity contribution < 1.29 is 14.6 Å². The van der Waals surface area contributed by atoms with Crippen molar-refractivity contribution in [1.29, 1.82) is 0 Å². The minimum absolute atomic E-state index is 0.108. The standard InChI is InChI=1S/C16H17NO3/c1-9-6-5-7-13(11(9)3)20-14-8-10(2)17-12(4)15(14)16(18)19/h5-8H,1-4H3,(H,18,19). The van der Waals surface area contributed by atoms with Crippen molar-refractivity contribution in [2.24, 2.45) is 0 Å². The van der Waals surface area contributed by atoms with E-state index in [2.05, 4.69) is 4.98 Å². The maximum atomic E-state index is 11.4. The van der Waals surface area contributed by atoms with E-state index < -0.39 is 5.97 Å². The van der Waals surface area contributed by atoms with Crippen LogP contribution in [0.2, 0.25) is 0 Å². The Morgan fingerprint density at radius 2 is 1.85 bits per heavy atom. The summed E-state index contributed by atoms with van der Waals surface area (Å²) in [6.07, 6.45) is 0. The number of rotatable bonds is 3. The number of hydrogen-bond donors (Lipinski definition) is 1. The van der Waals surface area contributed by atoms with Crippen LogP contribution in [0.3, 0.4) is 0 Å². The first kappa shape index (κ1) is 14.1. The Bertz CT molecular complexity index is 678. The summed E-state index contributed by atoms with van der Waals surface area (Å²) in [5, 5.41) is 9.32. The van der Waals surface area contributed by atoms with Crippen LogP contribution in [0.25, 0.3) is 0 Å². The van der Waals surface area contributed by atoms with Crippen LogP contribution < -0.4 is 4.74 Å². The third-order valence-electron chi connectivity index (χ3n) is 3.28. The smallest absolute Gasteiger partial charge is 0.341 e. The van der Waals surface area contributed by atoms with Crippen molar-refractivity contribution in [3.05, 3.63) is 52.3 Å². The van der Waals surface area contributed by atoms with Crippen LogP contribution in [0.1, 0.15) is 32.9 Å². The summed E-state index contributed by atoms with van der Waals surface area (Å²) in [7, 11) is 0. The van der Waals surface area contributed by atoms with Crippen LogP contribution in [0.15, 0.2) is 24.3 Å². The summed E-state index contributed by atoms with van der Waals surface area (Å²) in [5.74, 6) is -0.0380. The Balaban J connectivity index is 2.53. The molecule has 1 aromatic heterocycles. The molecule has 0 fully saturated rings. The van der Waals surface area contributed by atoms with Crippen LogP contribution in [0, 0.1) is 27.7 Å². The number of benzene rings is 1. The van der Waals surface area contributed by atoms with Gasteiger partial charge in [-0.1, -0.05) is 12.1 Å². The molecule has 0 aliphatic rings. The lowest BCUT2D eigenvalue weighted by molar-refractivity contribution is 0.0692. The Hall–Kier alpha value is -2.36. The summed E-state index contributed by atoms with van der Waals surface area (Å²) in [6, 6.07) is 7.36. The molecule has 0 radical (unpaired) electrons. The van der Waals surface area contributed by atoms with Gasteiger partial charge in [0.25, 0.3) is 0 Å². The van der Waals surface area contributed by atoms with Gasteiger partial charge in [-0.05, 0) is 44.9 Å². The first-order valence-electron chi connectivity index (χ1n) is 6.35. The van der Waals surface area contributed by atoms with Gasteiger partial charge in [-0.15, -0.1) is 0 Å². The van der Waals surface area contributed by atoms with Crippen LogP contribution in [-0.2, 0) is 0 Å². The third-order valence-corrected chi connectivity index (χ3v) is 3.28. The SMILES string of the molecule is Cc1cc(Oc2cccc(C)c2C)c(C(=O)O)c(C)n1. The van der Waals surface area contributed by atoms with Crippen LogP contribution >= 0.6 is 0 Å². The third kappa shape index (κ3) is 2.64. The molecule has 2 rings (SSSR count). The van der Waals surface area contributed by atoms with Crippen molar-refractivity contribution in [2.75, 3.05) is 0 Å². The van der Waals surface area contributed by atoms with Crippen molar-refractivity contribution in [3.8, 4) is 11.5 Å². The molecule has 2 aromatic rings. The molecule has 0 spiro atoms. The number of aromatic carboxylic acids is 1. The van der Waals surface area contributed by atoms with Gasteiger partial charge in [0.2, 0.25) is 0 Å². The molecule has 104 valence electrons. The number of carbonyl (C=O) groups is 1. The van der Waals surface area contributed by atoms with Crippen molar-refractivity contribution in [1.82, 2.24) is 4.98 Å². The zero-order valence-electron chi connectivity index (χ0n) is 12.0. The number of hydrogen-bond acceptors (Lipinski definition) is 3. The summed E-state index contributed by atoms with van der Waals surface area (Å²) >= 11 is 0. The van der Waals surface area contributed by atoms with Gasteiger partial charge in [0.15, 0.2) is 0 Å². The Labute approximate surface area is 118 Å². The number of nitrogens with zero attached hydrogens (tertiary/aromatic N) is 1. The highest BCUT2D eigenvalue weighted by atomic mass is 16.5. The minimum Gasteiger partial charge on any atom is -0.477 e. The van der Waals surface area contributed by atoms with Crippen LogP contribution in [0.5, 0.6) is 11.5 Å². The predicted octanol–water partition coefficient (Wildman–Crippen LogP) is 3.81. The van der Waals surface area contributed by atoms with Crippen molar-refractivity contribution in [2.45, 2.75) is 27.7 Å². The van der Waals surface area contributed by atoms with Gasteiger partial charge in [-0.25, -0.2) is 4.79 Å². The number of aromatic nitrogens is 1. The summed E-state index contributed by atoms with van der Waals surface area (Å²) < 4.78 is 5.82. The minimum atomic E-state index is -1.03. The van der Waals surface area contributed by atoms with Gasteiger partial charge in [0.05, 0.1) is 5.69 Å². The first-order valence-corrected chi connectivity index (χ1v) is 6.35. The van der Waals surface area contributed by atoms with Gasteiger partial charge >= 0.3 is 5.97 Å². The lowest BCUT2D eigenvalue weighted by Gasteiger charge is -2.14. The molecule has 0 saturated carbocycles. The fraction of sp³-hybridized carbons (Fsp3) is 0.250. The number of carboxylic acids is 1. The number of aryl methyl sites for hydroxylation is 3. The van der Waals surface area contributed by atoms with E-state index in [-0.39, 0.29) is 5.56 Å². The summed E-state index contributed by atoms with van der Waals surface area (Å²) in [5.41, 5.74) is 3.39. The molecular formula is C16H17NO3. The fourth-order valence-electron chi connectivity index (χ4n) is 2.09. The molecule has 1 aromatic carbocycles. The quantitative estimate of drug-likeness (QED) is 0.922. The monoisotopic (exact) mass is 271 g/mol. The maximum Gasteiger partial charge on any atom is 0.341 e. The lowest BCUT2D eigenvalue weighted by atomic mass is 10.1. The Kier molecular flexibility index (Phi) is 3.74. The molecule has 0 atom stereocenters. The molecule has 0 aliphatic heterocycles. The average Bonchev–Trinajstić information content (AvgIpc) is 2.33.